The summed E-state index contributed by atoms with van der Waals surface area (Å²) in [5.41, 5.74) is 11.7. The van der Waals surface area contributed by atoms with E-state index in [4.69, 9.17) is 18.9 Å². The molecular weight excluding hydrogens is 757 g/mol. The van der Waals surface area contributed by atoms with Crippen LogP contribution in [-0.4, -0.2) is 26.2 Å². The Morgan fingerprint density at radius 1 is 0.492 bits per heavy atom. The molecule has 0 spiro atoms. The van der Waals surface area contributed by atoms with E-state index in [0.29, 0.717) is 23.3 Å². The first-order valence-electron chi connectivity index (χ1n) is 21.6. The molecule has 0 saturated heterocycles. The highest BCUT2D eigenvalue weighted by molar-refractivity contribution is 5.86. The molecule has 6 aromatic carbocycles. The van der Waals surface area contributed by atoms with Crippen LogP contribution in [0.2, 0.25) is 0 Å². The van der Waals surface area contributed by atoms with E-state index in [9.17, 15) is 9.59 Å². The van der Waals surface area contributed by atoms with Crippen LogP contribution >= 0.6 is 0 Å². The Morgan fingerprint density at radius 2 is 0.934 bits per heavy atom. The number of hydrogen-bond acceptors (Lipinski definition) is 6. The second-order valence-corrected chi connectivity index (χ2v) is 17.6. The summed E-state index contributed by atoms with van der Waals surface area (Å²) in [6.07, 6.45) is 6.79. The summed E-state index contributed by atoms with van der Waals surface area (Å²) in [5, 5.41) is 0. The Hall–Kier alpha value is -6.14. The van der Waals surface area contributed by atoms with Crippen LogP contribution in [0, 0.1) is 37.5 Å². The lowest BCUT2D eigenvalue weighted by Crippen LogP contribution is -2.56. The van der Waals surface area contributed by atoms with Crippen LogP contribution in [0.15, 0.2) is 133 Å². The van der Waals surface area contributed by atoms with Gasteiger partial charge in [0.15, 0.2) is 0 Å². The van der Waals surface area contributed by atoms with Crippen molar-refractivity contribution in [2.24, 2.45) is 23.7 Å². The largest absolute Gasteiger partial charge is 0.497 e. The SMILES string of the molecule is COc1ccc(C2(c3ccc(OC(C)=O)c(C)c3)c3ccccc3-c3ccccc32)cc1C.COc1ccc(C2(c3ccc(OC(C)=O)cc3)C3CC4CC(C3)CC2C4)cc1. The maximum absolute atomic E-state index is 11.6. The summed E-state index contributed by atoms with van der Waals surface area (Å²) in [6.45, 7) is 6.95. The third-order valence-corrected chi connectivity index (χ3v) is 14.2. The zero-order valence-corrected chi connectivity index (χ0v) is 36.0. The minimum Gasteiger partial charge on any atom is -0.497 e. The lowest BCUT2D eigenvalue weighted by atomic mass is 9.42. The second-order valence-electron chi connectivity index (χ2n) is 17.6. The van der Waals surface area contributed by atoms with E-state index in [-0.39, 0.29) is 17.4 Å². The molecule has 310 valence electrons. The van der Waals surface area contributed by atoms with E-state index in [1.54, 1.807) is 14.2 Å². The minimum atomic E-state index is -0.496. The van der Waals surface area contributed by atoms with Gasteiger partial charge in [-0.25, -0.2) is 0 Å². The van der Waals surface area contributed by atoms with Crippen molar-refractivity contribution in [3.8, 4) is 34.1 Å². The van der Waals surface area contributed by atoms with E-state index in [0.717, 1.165) is 40.0 Å². The van der Waals surface area contributed by atoms with E-state index in [2.05, 4.69) is 122 Å². The third-order valence-electron chi connectivity index (χ3n) is 14.2. The zero-order chi connectivity index (χ0) is 42.5. The van der Waals surface area contributed by atoms with Crippen LogP contribution in [0.4, 0.5) is 0 Å². The first-order chi connectivity index (χ1) is 29.6. The summed E-state index contributed by atoms with van der Waals surface area (Å²) in [4.78, 5) is 22.9. The summed E-state index contributed by atoms with van der Waals surface area (Å²) in [5.74, 6) is 5.62. The maximum Gasteiger partial charge on any atom is 0.308 e. The van der Waals surface area contributed by atoms with Crippen molar-refractivity contribution >= 4 is 11.9 Å². The first kappa shape index (κ1) is 40.3. The second kappa shape index (κ2) is 16.0. The van der Waals surface area contributed by atoms with Crippen molar-refractivity contribution in [2.75, 3.05) is 14.2 Å². The van der Waals surface area contributed by atoms with Gasteiger partial charge in [0.25, 0.3) is 0 Å². The van der Waals surface area contributed by atoms with Gasteiger partial charge in [-0.15, -0.1) is 0 Å². The molecule has 0 aromatic heterocycles. The van der Waals surface area contributed by atoms with E-state index in [1.165, 1.54) is 84.9 Å². The molecule has 4 saturated carbocycles. The molecule has 0 radical (unpaired) electrons. The Balaban J connectivity index is 0.000000158. The van der Waals surface area contributed by atoms with Gasteiger partial charge < -0.3 is 18.9 Å². The highest BCUT2D eigenvalue weighted by atomic mass is 16.5. The summed E-state index contributed by atoms with van der Waals surface area (Å²) < 4.78 is 21.7. The number of rotatable bonds is 8. The Bertz CT molecular complexity index is 2530. The molecule has 0 heterocycles. The molecular formula is C55H54O6. The molecule has 0 N–H and O–H groups in total. The van der Waals surface area contributed by atoms with Crippen LogP contribution in [0.5, 0.6) is 23.0 Å². The smallest absolute Gasteiger partial charge is 0.308 e. The van der Waals surface area contributed by atoms with Gasteiger partial charge in [-0.2, -0.15) is 0 Å². The molecule has 5 aliphatic rings. The Kier molecular flexibility index (Phi) is 10.6. The van der Waals surface area contributed by atoms with Crippen molar-refractivity contribution in [3.05, 3.63) is 178 Å². The molecule has 0 amide bonds. The van der Waals surface area contributed by atoms with E-state index < -0.39 is 5.41 Å². The number of ether oxygens (including phenoxy) is 4. The van der Waals surface area contributed by atoms with Crippen molar-refractivity contribution in [1.82, 2.24) is 0 Å². The predicted molar refractivity (Wildman–Crippen MR) is 240 cm³/mol. The van der Waals surface area contributed by atoms with Crippen LogP contribution < -0.4 is 18.9 Å². The van der Waals surface area contributed by atoms with Gasteiger partial charge in [0.2, 0.25) is 0 Å². The normalized spacial score (nSPS) is 22.3. The first-order valence-corrected chi connectivity index (χ1v) is 21.6. The molecule has 11 rings (SSSR count). The number of carbonyl (C=O) groups excluding carboxylic acids is 2. The van der Waals surface area contributed by atoms with Crippen LogP contribution in [0.25, 0.3) is 11.1 Å². The van der Waals surface area contributed by atoms with Crippen molar-refractivity contribution in [3.63, 3.8) is 0 Å². The number of aryl methyl sites for hydroxylation is 2. The van der Waals surface area contributed by atoms with Gasteiger partial charge in [0, 0.05) is 19.3 Å². The van der Waals surface area contributed by atoms with Crippen molar-refractivity contribution in [2.45, 2.75) is 70.6 Å². The van der Waals surface area contributed by atoms with E-state index in [1.807, 2.05) is 25.1 Å². The van der Waals surface area contributed by atoms with Gasteiger partial charge in [0.05, 0.1) is 19.6 Å². The maximum atomic E-state index is 11.6. The molecule has 0 aliphatic heterocycles. The highest BCUT2D eigenvalue weighted by Crippen LogP contribution is 2.65. The number of carbonyl (C=O) groups is 2. The summed E-state index contributed by atoms with van der Waals surface area (Å²) in [7, 11) is 3.43. The molecule has 6 heteroatoms. The predicted octanol–water partition coefficient (Wildman–Crippen LogP) is 12.0. The third kappa shape index (κ3) is 6.81. The fourth-order valence-electron chi connectivity index (χ4n) is 12.2. The van der Waals surface area contributed by atoms with Crippen LogP contribution in [-0.2, 0) is 20.4 Å². The number of esters is 2. The van der Waals surface area contributed by atoms with Gasteiger partial charge in [-0.05, 0) is 162 Å². The van der Waals surface area contributed by atoms with Crippen LogP contribution in [0.1, 0.15) is 90.5 Å². The van der Waals surface area contributed by atoms with Crippen molar-refractivity contribution in [1.29, 1.82) is 0 Å². The molecule has 4 fully saturated rings. The summed E-state index contributed by atoms with van der Waals surface area (Å²) >= 11 is 0. The fraction of sp³-hybridized carbons (Fsp3) is 0.309. The Morgan fingerprint density at radius 3 is 1.38 bits per heavy atom. The number of fused-ring (bicyclic) bond motifs is 3. The molecule has 6 aromatic rings. The van der Waals surface area contributed by atoms with E-state index >= 15 is 0 Å². The average Bonchev–Trinajstić information content (AvgIpc) is 3.56. The number of benzene rings is 6. The average molecular weight is 811 g/mol. The van der Waals surface area contributed by atoms with Gasteiger partial charge in [-0.3, -0.25) is 9.59 Å². The molecule has 0 unspecified atom stereocenters. The van der Waals surface area contributed by atoms with Gasteiger partial charge in [-0.1, -0.05) is 97.1 Å². The van der Waals surface area contributed by atoms with Crippen molar-refractivity contribution < 1.29 is 28.5 Å². The molecule has 0 atom stereocenters. The summed E-state index contributed by atoms with van der Waals surface area (Å²) in [6, 6.07) is 47.0. The topological polar surface area (TPSA) is 71.1 Å². The monoisotopic (exact) mass is 810 g/mol. The number of hydrogen-bond donors (Lipinski definition) is 0. The Labute approximate surface area is 359 Å². The fourth-order valence-corrected chi connectivity index (χ4v) is 12.2. The van der Waals surface area contributed by atoms with Gasteiger partial charge >= 0.3 is 11.9 Å². The highest BCUT2D eigenvalue weighted by Gasteiger charge is 2.58. The van der Waals surface area contributed by atoms with Crippen LogP contribution in [0.3, 0.4) is 0 Å². The standard InChI is InChI=1S/C30H26O3.C25H28O3/c1-19-17-22(13-15-28(19)32-4)30(23-14-16-29(20(2)18-23)33-21(3)31)26-11-7-5-9-24(26)25-10-6-8-12-27(25)30;1-16(26)28-24-9-5-20(6-10-24)25(19-3-7-23(27-2)8-4-19)21-12-17-11-18(14-21)15-22(25)13-17/h5-18H,1-4H3;3-10,17-18,21-22H,11-15H2,1-2H3. The number of methoxy groups -OCH3 is 2. The molecule has 5 aliphatic carbocycles. The molecule has 61 heavy (non-hydrogen) atoms. The molecule has 4 bridgehead atoms. The van der Waals surface area contributed by atoms with Gasteiger partial charge in [0.1, 0.15) is 23.0 Å². The quantitative estimate of drug-likeness (QED) is 0.112. The zero-order valence-electron chi connectivity index (χ0n) is 36.0. The lowest BCUT2D eigenvalue weighted by Gasteiger charge is -2.62. The minimum absolute atomic E-state index is 0.0639. The lowest BCUT2D eigenvalue weighted by molar-refractivity contribution is -0.132. The molecule has 6 nitrogen and oxygen atoms in total.